The summed E-state index contributed by atoms with van der Waals surface area (Å²) in [5.74, 6) is -0.208. The van der Waals surface area contributed by atoms with E-state index in [9.17, 15) is 23.2 Å². The molecule has 182 valence electrons. The summed E-state index contributed by atoms with van der Waals surface area (Å²) in [5, 5.41) is 20.8. The van der Waals surface area contributed by atoms with Gasteiger partial charge in [-0.05, 0) is 56.0 Å². The van der Waals surface area contributed by atoms with E-state index in [0.29, 0.717) is 43.0 Å². The van der Waals surface area contributed by atoms with Gasteiger partial charge in [-0.2, -0.15) is 5.26 Å². The van der Waals surface area contributed by atoms with Crippen LogP contribution in [0.15, 0.2) is 53.4 Å². The molecule has 0 saturated carbocycles. The molecule has 1 aliphatic heterocycles. The smallest absolute Gasteiger partial charge is 0.263 e. The first-order chi connectivity index (χ1) is 16.6. The van der Waals surface area contributed by atoms with Crippen molar-refractivity contribution in [1.82, 2.24) is 4.98 Å². The summed E-state index contributed by atoms with van der Waals surface area (Å²) >= 11 is 5.96. The minimum absolute atomic E-state index is 0.170. The summed E-state index contributed by atoms with van der Waals surface area (Å²) < 4.78 is 41.8. The molecule has 1 aliphatic rings. The zero-order valence-electron chi connectivity index (χ0n) is 19.2. The van der Waals surface area contributed by atoms with Crippen molar-refractivity contribution in [3.8, 4) is 6.07 Å². The molecule has 3 aromatic rings. The zero-order chi connectivity index (χ0) is 25.4. The number of hydrogen-bond acceptors (Lipinski definition) is 6. The molecule has 7 nitrogen and oxygen atoms in total. The van der Waals surface area contributed by atoms with Crippen molar-refractivity contribution < 1.29 is 17.9 Å². The van der Waals surface area contributed by atoms with Crippen molar-refractivity contribution in [2.75, 3.05) is 22.7 Å². The molecule has 0 spiro atoms. The van der Waals surface area contributed by atoms with Crippen LogP contribution in [0.3, 0.4) is 0 Å². The second kappa shape index (κ2) is 9.46. The van der Waals surface area contributed by atoms with E-state index in [-0.39, 0.29) is 21.2 Å². The van der Waals surface area contributed by atoms with E-state index < -0.39 is 21.4 Å². The fourth-order valence-electron chi connectivity index (χ4n) is 4.36. The quantitative estimate of drug-likeness (QED) is 0.513. The number of hydrogen-bond donors (Lipinski definition) is 2. The molecule has 0 unspecified atom stereocenters. The van der Waals surface area contributed by atoms with Crippen LogP contribution in [-0.4, -0.2) is 31.6 Å². The van der Waals surface area contributed by atoms with Crippen LogP contribution < -0.4 is 9.62 Å². The Morgan fingerprint density at radius 3 is 2.43 bits per heavy atom. The van der Waals surface area contributed by atoms with Gasteiger partial charge in [-0.15, -0.1) is 0 Å². The first kappa shape index (κ1) is 24.9. The van der Waals surface area contributed by atoms with E-state index in [1.807, 2.05) is 35.2 Å². The summed E-state index contributed by atoms with van der Waals surface area (Å²) in [7, 11) is -4.16. The number of anilines is 2. The minimum atomic E-state index is -4.16. The average molecular weight is 515 g/mol. The molecule has 2 aromatic carbocycles. The van der Waals surface area contributed by atoms with Gasteiger partial charge in [0.15, 0.2) is 0 Å². The molecule has 35 heavy (non-hydrogen) atoms. The largest absolute Gasteiger partial charge is 0.385 e. The summed E-state index contributed by atoms with van der Waals surface area (Å²) in [5.41, 5.74) is 1.10. The summed E-state index contributed by atoms with van der Waals surface area (Å²) in [6, 6.07) is 14.6. The predicted molar refractivity (Wildman–Crippen MR) is 132 cm³/mol. The Bertz CT molecular complexity index is 1420. The van der Waals surface area contributed by atoms with E-state index in [2.05, 4.69) is 15.8 Å². The normalized spacial score (nSPS) is 15.5. The summed E-state index contributed by atoms with van der Waals surface area (Å²) in [6.45, 7) is 4.24. The maximum Gasteiger partial charge on any atom is 0.263 e. The lowest BCUT2D eigenvalue weighted by Gasteiger charge is -2.39. The van der Waals surface area contributed by atoms with E-state index >= 15 is 0 Å². The number of nitriles is 1. The summed E-state index contributed by atoms with van der Waals surface area (Å²) in [6.07, 6.45) is 0.915. The number of aromatic nitrogens is 1. The number of sulfonamides is 1. The van der Waals surface area contributed by atoms with E-state index in [4.69, 9.17) is 11.6 Å². The second-order valence-electron chi connectivity index (χ2n) is 8.57. The first-order valence-electron chi connectivity index (χ1n) is 11.0. The van der Waals surface area contributed by atoms with Gasteiger partial charge in [-0.25, -0.2) is 17.8 Å². The highest BCUT2D eigenvalue weighted by molar-refractivity contribution is 7.92. The molecule has 1 saturated heterocycles. The Balaban J connectivity index is 1.63. The van der Waals surface area contributed by atoms with Crippen LogP contribution >= 0.6 is 11.6 Å². The van der Waals surface area contributed by atoms with Crippen molar-refractivity contribution in [3.05, 3.63) is 81.8 Å². The zero-order valence-corrected chi connectivity index (χ0v) is 20.8. The van der Waals surface area contributed by atoms with Gasteiger partial charge in [0.05, 0.1) is 27.6 Å². The fourth-order valence-corrected chi connectivity index (χ4v) is 6.07. The third-order valence-electron chi connectivity index (χ3n) is 6.34. The van der Waals surface area contributed by atoms with E-state index in [0.717, 1.165) is 23.8 Å². The van der Waals surface area contributed by atoms with Crippen LogP contribution in [0.5, 0.6) is 0 Å². The monoisotopic (exact) mass is 514 g/mol. The number of rotatable bonds is 5. The van der Waals surface area contributed by atoms with Crippen molar-refractivity contribution in [3.63, 3.8) is 0 Å². The molecule has 2 N–H and O–H groups in total. The van der Waals surface area contributed by atoms with E-state index in [1.54, 1.807) is 13.8 Å². The van der Waals surface area contributed by atoms with Crippen molar-refractivity contribution in [2.45, 2.75) is 37.2 Å². The van der Waals surface area contributed by atoms with Crippen LogP contribution in [0.2, 0.25) is 5.02 Å². The molecule has 1 aromatic heterocycles. The van der Waals surface area contributed by atoms with Crippen LogP contribution in [0.25, 0.3) is 0 Å². The Morgan fingerprint density at radius 1 is 1.17 bits per heavy atom. The van der Waals surface area contributed by atoms with Gasteiger partial charge in [0.1, 0.15) is 22.6 Å². The molecular weight excluding hydrogens is 491 g/mol. The van der Waals surface area contributed by atoms with Crippen LogP contribution in [0.1, 0.15) is 35.2 Å². The molecule has 0 bridgehead atoms. The van der Waals surface area contributed by atoms with Gasteiger partial charge in [0.25, 0.3) is 10.0 Å². The van der Waals surface area contributed by atoms with Gasteiger partial charge in [0, 0.05) is 13.1 Å². The maximum absolute atomic E-state index is 13.4. The van der Waals surface area contributed by atoms with Crippen molar-refractivity contribution >= 4 is 33.1 Å². The summed E-state index contributed by atoms with van der Waals surface area (Å²) in [4.78, 5) is 6.22. The molecule has 0 radical (unpaired) electrons. The van der Waals surface area contributed by atoms with Crippen LogP contribution in [0, 0.1) is 31.0 Å². The Hall–Kier alpha value is -3.19. The van der Waals surface area contributed by atoms with Gasteiger partial charge >= 0.3 is 0 Å². The first-order valence-corrected chi connectivity index (χ1v) is 12.8. The van der Waals surface area contributed by atoms with Gasteiger partial charge in [0.2, 0.25) is 0 Å². The predicted octanol–water partition coefficient (Wildman–Crippen LogP) is 4.65. The highest BCUT2D eigenvalue weighted by atomic mass is 35.5. The van der Waals surface area contributed by atoms with Gasteiger partial charge in [-0.1, -0.05) is 41.9 Å². The Labute approximate surface area is 208 Å². The molecule has 0 atom stereocenters. The number of aryl methyl sites for hydroxylation is 1. The van der Waals surface area contributed by atoms with Gasteiger partial charge in [-0.3, -0.25) is 4.72 Å². The average Bonchev–Trinajstić information content (AvgIpc) is 2.82. The van der Waals surface area contributed by atoms with Crippen molar-refractivity contribution in [2.24, 2.45) is 0 Å². The molecule has 1 fully saturated rings. The molecule has 0 aliphatic carbocycles. The Kier molecular flexibility index (Phi) is 6.73. The number of benzene rings is 2. The lowest BCUT2D eigenvalue weighted by Crippen LogP contribution is -2.43. The molecule has 10 heteroatoms. The lowest BCUT2D eigenvalue weighted by atomic mass is 9.84. The fraction of sp³-hybridized carbons (Fsp3) is 0.280. The highest BCUT2D eigenvalue weighted by Crippen LogP contribution is 2.37. The number of halogens is 2. The standard InChI is InChI=1S/C25H24ClFN4O3S/c1-16-20(15-28)24(31-12-10-25(32,11-13-31)18-6-4-3-5-7-18)29-17(2)23(16)30-35(33,34)22-9-8-19(27)14-21(22)26/h3-9,14,30,32H,10-13H2,1-2H3. The number of nitrogens with one attached hydrogen (secondary N) is 1. The molecule has 4 rings (SSSR count). The number of pyridine rings is 1. The third-order valence-corrected chi connectivity index (χ3v) is 8.17. The molecular formula is C25H24ClFN4O3S. The topological polar surface area (TPSA) is 106 Å². The minimum Gasteiger partial charge on any atom is -0.385 e. The lowest BCUT2D eigenvalue weighted by molar-refractivity contribution is 0.0116. The number of nitrogens with zero attached hydrogens (tertiary/aromatic N) is 3. The third kappa shape index (κ3) is 4.82. The van der Waals surface area contributed by atoms with Crippen molar-refractivity contribution in [1.29, 1.82) is 5.26 Å². The maximum atomic E-state index is 13.4. The van der Waals surface area contributed by atoms with Gasteiger partial charge < -0.3 is 10.0 Å². The SMILES string of the molecule is Cc1nc(N2CCC(O)(c3ccccc3)CC2)c(C#N)c(C)c1NS(=O)(=O)c1ccc(F)cc1Cl. The van der Waals surface area contributed by atoms with Crippen LogP contribution in [-0.2, 0) is 15.6 Å². The second-order valence-corrected chi connectivity index (χ2v) is 10.6. The number of piperidine rings is 1. The Morgan fingerprint density at radius 2 is 1.83 bits per heavy atom. The van der Waals surface area contributed by atoms with E-state index in [1.165, 1.54) is 0 Å². The highest BCUT2D eigenvalue weighted by Gasteiger charge is 2.35. The molecule has 0 amide bonds. The molecule has 2 heterocycles. The van der Waals surface area contributed by atoms with Crippen LogP contribution in [0.4, 0.5) is 15.9 Å². The number of aliphatic hydroxyl groups is 1.